The lowest BCUT2D eigenvalue weighted by atomic mass is 10.2. The maximum atomic E-state index is 14.2. The highest BCUT2D eigenvalue weighted by Gasteiger charge is 2.39. The van der Waals surface area contributed by atoms with Crippen molar-refractivity contribution in [1.82, 2.24) is 15.0 Å². The van der Waals surface area contributed by atoms with Crippen molar-refractivity contribution in [2.24, 2.45) is 0 Å². The average molecular weight is 408 g/mol. The number of rotatable bonds is 4. The van der Waals surface area contributed by atoms with Crippen molar-refractivity contribution in [3.05, 3.63) is 66.2 Å². The lowest BCUT2D eigenvalue weighted by molar-refractivity contribution is -0.146. The van der Waals surface area contributed by atoms with Crippen molar-refractivity contribution in [2.75, 3.05) is 5.32 Å². The van der Waals surface area contributed by atoms with Gasteiger partial charge in [-0.05, 0) is 30.3 Å². The lowest BCUT2D eigenvalue weighted by Crippen LogP contribution is -2.29. The second kappa shape index (κ2) is 6.42. The number of aromatic amines is 1. The number of imidazole rings is 1. The van der Waals surface area contributed by atoms with Crippen LogP contribution in [-0.4, -0.2) is 26.9 Å². The summed E-state index contributed by atoms with van der Waals surface area (Å²) in [6, 6.07) is 7.84. The highest BCUT2D eigenvalue weighted by molar-refractivity contribution is 7.13. The van der Waals surface area contributed by atoms with Gasteiger partial charge < -0.3 is 14.5 Å². The van der Waals surface area contributed by atoms with E-state index in [1.807, 2.05) is 6.07 Å². The quantitative estimate of drug-likeness (QED) is 0.485. The Morgan fingerprint density at radius 1 is 1.28 bits per heavy atom. The number of H-pyrrole nitrogens is 1. The molecule has 9 heteroatoms. The molecule has 1 atom stereocenters. The minimum atomic E-state index is -2.38. The van der Waals surface area contributed by atoms with Crippen LogP contribution >= 0.6 is 11.3 Å². The highest BCUT2D eigenvalue weighted by Crippen LogP contribution is 2.42. The van der Waals surface area contributed by atoms with Crippen LogP contribution < -0.4 is 14.8 Å². The predicted molar refractivity (Wildman–Crippen MR) is 107 cm³/mol. The molecule has 2 aromatic heterocycles. The molecule has 0 spiro atoms. The molecule has 5 rings (SSSR count). The number of halogens is 1. The summed E-state index contributed by atoms with van der Waals surface area (Å²) in [5.41, 5.74) is 2.27. The van der Waals surface area contributed by atoms with E-state index in [1.54, 1.807) is 41.9 Å². The zero-order valence-corrected chi connectivity index (χ0v) is 15.6. The second-order valence-electron chi connectivity index (χ2n) is 6.23. The normalized spacial score (nSPS) is 17.4. The molecule has 1 aliphatic rings. The van der Waals surface area contributed by atoms with Gasteiger partial charge in [0.2, 0.25) is 0 Å². The van der Waals surface area contributed by atoms with Gasteiger partial charge in [-0.1, -0.05) is 12.6 Å². The Kier molecular flexibility index (Phi) is 3.85. The van der Waals surface area contributed by atoms with E-state index in [1.165, 1.54) is 11.3 Å². The number of carbonyl (C=O) groups excluding carboxylic acids is 1. The van der Waals surface area contributed by atoms with Gasteiger partial charge in [0, 0.05) is 23.2 Å². The van der Waals surface area contributed by atoms with Crippen LogP contribution in [0, 0.1) is 0 Å². The molecule has 2 aromatic carbocycles. The molecular weight excluding hydrogens is 395 g/mol. The van der Waals surface area contributed by atoms with Crippen molar-refractivity contribution in [2.45, 2.75) is 6.04 Å². The summed E-state index contributed by atoms with van der Waals surface area (Å²) < 4.78 is 24.5. The third-order valence-electron chi connectivity index (χ3n) is 4.37. The number of fused-ring (bicyclic) bond motifs is 2. The van der Waals surface area contributed by atoms with Gasteiger partial charge in [-0.25, -0.2) is 9.97 Å². The van der Waals surface area contributed by atoms with Gasteiger partial charge in [0.15, 0.2) is 16.6 Å². The van der Waals surface area contributed by atoms with E-state index >= 15 is 0 Å². The van der Waals surface area contributed by atoms with E-state index in [0.717, 1.165) is 6.08 Å². The van der Waals surface area contributed by atoms with E-state index < -0.39 is 6.04 Å². The number of aromatic nitrogens is 3. The van der Waals surface area contributed by atoms with Gasteiger partial charge >= 0.3 is 6.04 Å². The molecule has 1 amide bonds. The minimum Gasteiger partial charge on any atom is -0.419 e. The number of ether oxygens (including phenoxy) is 2. The number of hydrogen-bond acceptors (Lipinski definition) is 6. The van der Waals surface area contributed by atoms with Crippen LogP contribution in [-0.2, 0) is 0 Å². The fourth-order valence-corrected chi connectivity index (χ4v) is 3.55. The maximum Gasteiger partial charge on any atom is 0.429 e. The lowest BCUT2D eigenvalue weighted by Gasteiger charge is -2.11. The van der Waals surface area contributed by atoms with Crippen molar-refractivity contribution in [3.63, 3.8) is 0 Å². The molecule has 29 heavy (non-hydrogen) atoms. The van der Waals surface area contributed by atoms with Gasteiger partial charge in [0.05, 0.1) is 11.1 Å². The van der Waals surface area contributed by atoms with Crippen LogP contribution in [0.5, 0.6) is 11.5 Å². The smallest absolute Gasteiger partial charge is 0.419 e. The van der Waals surface area contributed by atoms with Crippen LogP contribution in [0.4, 0.5) is 9.52 Å². The zero-order valence-electron chi connectivity index (χ0n) is 14.8. The number of nitrogens with one attached hydrogen (secondary N) is 2. The van der Waals surface area contributed by atoms with Crippen LogP contribution in [0.15, 0.2) is 60.6 Å². The van der Waals surface area contributed by atoms with Crippen LogP contribution in [0.25, 0.3) is 22.4 Å². The fraction of sp³-hybridized carbons (Fsp3) is 0.0500. The molecule has 0 unspecified atom stereocenters. The molecule has 0 bridgehead atoms. The van der Waals surface area contributed by atoms with Gasteiger partial charge in [0.1, 0.15) is 11.3 Å². The SMILES string of the molecule is C=C[C@@]1(F)Oc2ccc(-c3nc4c(C(=O)Nc5nccs5)cccc4[nH]3)cc2O1. The molecule has 0 saturated heterocycles. The summed E-state index contributed by atoms with van der Waals surface area (Å²) in [6.07, 6.45) is 2.56. The fourth-order valence-electron chi connectivity index (χ4n) is 3.03. The number of hydrogen-bond donors (Lipinski definition) is 2. The summed E-state index contributed by atoms with van der Waals surface area (Å²) in [4.78, 5) is 24.5. The molecule has 0 aliphatic carbocycles. The molecule has 0 radical (unpaired) electrons. The Hall–Kier alpha value is -3.72. The third-order valence-corrected chi connectivity index (χ3v) is 5.06. The molecule has 0 saturated carbocycles. The molecule has 0 fully saturated rings. The summed E-state index contributed by atoms with van der Waals surface area (Å²) >= 11 is 1.33. The first kappa shape index (κ1) is 17.4. The topological polar surface area (TPSA) is 89.1 Å². The van der Waals surface area contributed by atoms with Crippen molar-refractivity contribution in [1.29, 1.82) is 0 Å². The van der Waals surface area contributed by atoms with E-state index in [0.29, 0.717) is 33.1 Å². The number of benzene rings is 2. The van der Waals surface area contributed by atoms with Crippen LogP contribution in [0.2, 0.25) is 0 Å². The maximum absolute atomic E-state index is 14.2. The second-order valence-corrected chi connectivity index (χ2v) is 7.13. The Labute approximate surface area is 167 Å². The van der Waals surface area contributed by atoms with Gasteiger partial charge in [-0.2, -0.15) is 4.39 Å². The van der Waals surface area contributed by atoms with E-state index in [2.05, 4.69) is 26.8 Å². The first-order valence-electron chi connectivity index (χ1n) is 8.59. The summed E-state index contributed by atoms with van der Waals surface area (Å²) in [6.45, 7) is 3.37. The number of thiazole rings is 1. The molecule has 1 aliphatic heterocycles. The number of alkyl halides is 1. The van der Waals surface area contributed by atoms with Gasteiger partial charge in [-0.3, -0.25) is 10.1 Å². The Morgan fingerprint density at radius 3 is 2.93 bits per heavy atom. The molecule has 7 nitrogen and oxygen atoms in total. The standard InChI is InChI=1S/C20H13FN4O3S/c1-2-20(21)27-14-7-6-11(10-15(14)28-20)17-23-13-5-3-4-12(16(13)24-17)18(26)25-19-22-8-9-29-19/h2-10H,1H2,(H,23,24)(H,22,25,26)/t20-/m1/s1. The van der Waals surface area contributed by atoms with Crippen LogP contribution in [0.3, 0.4) is 0 Å². The van der Waals surface area contributed by atoms with E-state index in [4.69, 9.17) is 9.47 Å². The van der Waals surface area contributed by atoms with Crippen molar-refractivity contribution < 1.29 is 18.7 Å². The summed E-state index contributed by atoms with van der Waals surface area (Å²) in [5.74, 6) is 0.723. The van der Waals surface area contributed by atoms with Gasteiger partial charge in [0.25, 0.3) is 5.91 Å². The minimum absolute atomic E-state index is 0.243. The van der Waals surface area contributed by atoms with E-state index in [-0.39, 0.29) is 17.4 Å². The molecule has 144 valence electrons. The number of para-hydroxylation sites is 1. The Morgan fingerprint density at radius 2 is 2.14 bits per heavy atom. The molecule has 3 heterocycles. The first-order chi connectivity index (χ1) is 14.0. The summed E-state index contributed by atoms with van der Waals surface area (Å²) in [7, 11) is 0. The molecule has 2 N–H and O–H groups in total. The van der Waals surface area contributed by atoms with Crippen molar-refractivity contribution in [3.8, 4) is 22.9 Å². The van der Waals surface area contributed by atoms with Crippen LogP contribution in [0.1, 0.15) is 10.4 Å². The molecular formula is C20H13FN4O3S. The monoisotopic (exact) mass is 408 g/mol. The summed E-state index contributed by atoms with van der Waals surface area (Å²) in [5, 5.41) is 5.04. The Balaban J connectivity index is 1.51. The first-order valence-corrected chi connectivity index (χ1v) is 9.47. The number of carbonyl (C=O) groups is 1. The number of amides is 1. The van der Waals surface area contributed by atoms with Crippen molar-refractivity contribution >= 4 is 33.4 Å². The molecule has 4 aromatic rings. The van der Waals surface area contributed by atoms with E-state index in [9.17, 15) is 9.18 Å². The number of nitrogens with zero attached hydrogens (tertiary/aromatic N) is 2. The largest absolute Gasteiger partial charge is 0.429 e. The average Bonchev–Trinajstić information content (AvgIpc) is 3.44. The van der Waals surface area contributed by atoms with Gasteiger partial charge in [-0.15, -0.1) is 11.3 Å². The Bertz CT molecular complexity index is 1250. The zero-order chi connectivity index (χ0) is 20.0. The predicted octanol–water partition coefficient (Wildman–Crippen LogP) is 4.52. The highest BCUT2D eigenvalue weighted by atomic mass is 32.1. The number of anilines is 1. The third kappa shape index (κ3) is 3.01.